The Kier molecular flexibility index (Phi) is 4.72. The van der Waals surface area contributed by atoms with Crippen LogP contribution in [0.1, 0.15) is 23.2 Å². The standard InChI is InChI=1S/C14H15F2NO4/c15-14(16)21-11-5-1-3-9(7-11)12(18)17-6-2-4-10(8-17)13(19)20/h1,3,5,7,10,14H,2,4,6,8H2,(H,19,20). The maximum atomic E-state index is 12.3. The highest BCUT2D eigenvalue weighted by Crippen LogP contribution is 2.21. The minimum atomic E-state index is -2.96. The first-order valence-electron chi connectivity index (χ1n) is 6.54. The molecule has 1 N–H and O–H groups in total. The van der Waals surface area contributed by atoms with Crippen LogP contribution in [-0.2, 0) is 4.79 Å². The molecule has 1 aromatic rings. The van der Waals surface area contributed by atoms with E-state index in [1.165, 1.54) is 29.2 Å². The topological polar surface area (TPSA) is 66.8 Å². The van der Waals surface area contributed by atoms with Crippen LogP contribution in [0.2, 0.25) is 0 Å². The number of carboxylic acids is 1. The molecule has 1 amide bonds. The van der Waals surface area contributed by atoms with Gasteiger partial charge in [0.25, 0.3) is 5.91 Å². The van der Waals surface area contributed by atoms with Crippen molar-refractivity contribution in [2.75, 3.05) is 13.1 Å². The van der Waals surface area contributed by atoms with Gasteiger partial charge in [0, 0.05) is 18.7 Å². The number of hydrogen-bond donors (Lipinski definition) is 1. The predicted molar refractivity (Wildman–Crippen MR) is 69.3 cm³/mol. The summed E-state index contributed by atoms with van der Waals surface area (Å²) in [6.07, 6.45) is 1.14. The van der Waals surface area contributed by atoms with Crippen molar-refractivity contribution >= 4 is 11.9 Å². The van der Waals surface area contributed by atoms with E-state index >= 15 is 0 Å². The summed E-state index contributed by atoms with van der Waals surface area (Å²) in [6.45, 7) is -2.36. The van der Waals surface area contributed by atoms with Crippen molar-refractivity contribution in [2.45, 2.75) is 19.5 Å². The van der Waals surface area contributed by atoms with E-state index in [0.29, 0.717) is 19.4 Å². The average molecular weight is 299 g/mol. The van der Waals surface area contributed by atoms with Gasteiger partial charge in [0.15, 0.2) is 0 Å². The fourth-order valence-corrected chi connectivity index (χ4v) is 2.35. The molecule has 1 aliphatic rings. The van der Waals surface area contributed by atoms with Crippen molar-refractivity contribution < 1.29 is 28.2 Å². The van der Waals surface area contributed by atoms with Crippen molar-refractivity contribution in [1.29, 1.82) is 0 Å². The number of piperidine rings is 1. The number of nitrogens with zero attached hydrogens (tertiary/aromatic N) is 1. The highest BCUT2D eigenvalue weighted by molar-refractivity contribution is 5.95. The zero-order chi connectivity index (χ0) is 15.4. The number of ether oxygens (including phenoxy) is 1. The predicted octanol–water partition coefficient (Wildman–Crippen LogP) is 2.22. The zero-order valence-corrected chi connectivity index (χ0v) is 11.2. The number of halogens is 2. The Morgan fingerprint density at radius 3 is 2.81 bits per heavy atom. The summed E-state index contributed by atoms with van der Waals surface area (Å²) in [5.74, 6) is -1.98. The first-order valence-corrected chi connectivity index (χ1v) is 6.54. The number of aliphatic carboxylic acids is 1. The molecule has 114 valence electrons. The largest absolute Gasteiger partial charge is 0.481 e. The lowest BCUT2D eigenvalue weighted by molar-refractivity contribution is -0.143. The number of carbonyl (C=O) groups excluding carboxylic acids is 1. The van der Waals surface area contributed by atoms with E-state index in [-0.39, 0.29) is 23.8 Å². The summed E-state index contributed by atoms with van der Waals surface area (Å²) in [5.41, 5.74) is 0.208. The average Bonchev–Trinajstić information content (AvgIpc) is 2.46. The molecular weight excluding hydrogens is 284 g/mol. The molecule has 0 aromatic heterocycles. The molecule has 21 heavy (non-hydrogen) atoms. The third-order valence-electron chi connectivity index (χ3n) is 3.36. The Morgan fingerprint density at radius 1 is 1.38 bits per heavy atom. The van der Waals surface area contributed by atoms with Crippen LogP contribution in [0.15, 0.2) is 24.3 Å². The van der Waals surface area contributed by atoms with E-state index in [9.17, 15) is 18.4 Å². The first kappa shape index (κ1) is 15.2. The molecule has 0 radical (unpaired) electrons. The smallest absolute Gasteiger partial charge is 0.387 e. The number of likely N-dealkylation sites (tertiary alicyclic amines) is 1. The number of benzene rings is 1. The second kappa shape index (κ2) is 6.51. The monoisotopic (exact) mass is 299 g/mol. The van der Waals surface area contributed by atoms with E-state index in [2.05, 4.69) is 4.74 Å². The van der Waals surface area contributed by atoms with Crippen molar-refractivity contribution in [2.24, 2.45) is 5.92 Å². The third-order valence-corrected chi connectivity index (χ3v) is 3.36. The summed E-state index contributed by atoms with van der Waals surface area (Å²) >= 11 is 0. The number of carbonyl (C=O) groups is 2. The van der Waals surface area contributed by atoms with E-state index in [1.54, 1.807) is 0 Å². The van der Waals surface area contributed by atoms with E-state index in [1.807, 2.05) is 0 Å². The van der Waals surface area contributed by atoms with E-state index < -0.39 is 18.5 Å². The lowest BCUT2D eigenvalue weighted by Gasteiger charge is -2.30. The highest BCUT2D eigenvalue weighted by atomic mass is 19.3. The molecule has 0 bridgehead atoms. The van der Waals surface area contributed by atoms with Crippen LogP contribution in [-0.4, -0.2) is 41.6 Å². The Morgan fingerprint density at radius 2 is 2.14 bits per heavy atom. The van der Waals surface area contributed by atoms with Crippen molar-refractivity contribution in [1.82, 2.24) is 4.90 Å². The second-order valence-electron chi connectivity index (χ2n) is 4.83. The number of carboxylic acid groups (broad SMARTS) is 1. The quantitative estimate of drug-likeness (QED) is 0.925. The fraction of sp³-hybridized carbons (Fsp3) is 0.429. The van der Waals surface area contributed by atoms with Crippen molar-refractivity contribution in [3.05, 3.63) is 29.8 Å². The van der Waals surface area contributed by atoms with Gasteiger partial charge in [-0.05, 0) is 31.0 Å². The van der Waals surface area contributed by atoms with Crippen molar-refractivity contribution in [3.8, 4) is 5.75 Å². The van der Waals surface area contributed by atoms with Crippen molar-refractivity contribution in [3.63, 3.8) is 0 Å². The van der Waals surface area contributed by atoms with Gasteiger partial charge in [-0.3, -0.25) is 9.59 Å². The summed E-state index contributed by atoms with van der Waals surface area (Å²) in [7, 11) is 0. The second-order valence-corrected chi connectivity index (χ2v) is 4.83. The maximum absolute atomic E-state index is 12.3. The number of alkyl halides is 2. The molecule has 0 aliphatic carbocycles. The minimum Gasteiger partial charge on any atom is -0.481 e. The summed E-state index contributed by atoms with van der Waals surface area (Å²) in [5, 5.41) is 9.01. The SMILES string of the molecule is O=C(O)C1CCCN(C(=O)c2cccc(OC(F)F)c2)C1. The Bertz CT molecular complexity index is 535. The normalized spacial score (nSPS) is 18.6. The molecule has 7 heteroatoms. The molecule has 1 aromatic carbocycles. The van der Waals surface area contributed by atoms with Gasteiger partial charge in [-0.25, -0.2) is 0 Å². The third kappa shape index (κ3) is 3.90. The van der Waals surface area contributed by atoms with Gasteiger partial charge in [0.1, 0.15) is 5.75 Å². The number of amides is 1. The molecule has 1 fully saturated rings. The van der Waals surface area contributed by atoms with Gasteiger partial charge < -0.3 is 14.7 Å². The summed E-state index contributed by atoms with van der Waals surface area (Å²) in [4.78, 5) is 24.7. The molecule has 1 unspecified atom stereocenters. The maximum Gasteiger partial charge on any atom is 0.387 e. The highest BCUT2D eigenvalue weighted by Gasteiger charge is 2.28. The van der Waals surface area contributed by atoms with Gasteiger partial charge in [-0.2, -0.15) is 8.78 Å². The van der Waals surface area contributed by atoms with Gasteiger partial charge in [-0.1, -0.05) is 6.07 Å². The van der Waals surface area contributed by atoms with E-state index in [4.69, 9.17) is 5.11 Å². The molecule has 1 atom stereocenters. The van der Waals surface area contributed by atoms with Crippen LogP contribution in [0.5, 0.6) is 5.75 Å². The fourth-order valence-electron chi connectivity index (χ4n) is 2.35. The van der Waals surface area contributed by atoms with E-state index in [0.717, 1.165) is 0 Å². The van der Waals surface area contributed by atoms with Crippen LogP contribution >= 0.6 is 0 Å². The molecule has 1 aliphatic heterocycles. The molecule has 0 spiro atoms. The van der Waals surface area contributed by atoms with Crippen LogP contribution in [0.3, 0.4) is 0 Å². The Balaban J connectivity index is 2.10. The van der Waals surface area contributed by atoms with Gasteiger partial charge in [-0.15, -0.1) is 0 Å². The van der Waals surface area contributed by atoms with Gasteiger partial charge >= 0.3 is 12.6 Å². The molecule has 0 saturated carbocycles. The summed E-state index contributed by atoms with van der Waals surface area (Å²) < 4.78 is 28.6. The molecule has 1 saturated heterocycles. The lowest BCUT2D eigenvalue weighted by atomic mass is 9.97. The van der Waals surface area contributed by atoms with Crippen LogP contribution in [0, 0.1) is 5.92 Å². The Hall–Kier alpha value is -2.18. The minimum absolute atomic E-state index is 0.0948. The lowest BCUT2D eigenvalue weighted by Crippen LogP contribution is -2.42. The number of rotatable bonds is 4. The molecule has 5 nitrogen and oxygen atoms in total. The van der Waals surface area contributed by atoms with Gasteiger partial charge in [0.05, 0.1) is 5.92 Å². The summed E-state index contributed by atoms with van der Waals surface area (Å²) in [6, 6.07) is 5.51. The van der Waals surface area contributed by atoms with Gasteiger partial charge in [0.2, 0.25) is 0 Å². The van der Waals surface area contributed by atoms with Crippen LogP contribution in [0.4, 0.5) is 8.78 Å². The number of hydrogen-bond acceptors (Lipinski definition) is 3. The zero-order valence-electron chi connectivity index (χ0n) is 11.2. The molecule has 1 heterocycles. The Labute approximate surface area is 120 Å². The van der Waals surface area contributed by atoms with Crippen LogP contribution in [0.25, 0.3) is 0 Å². The van der Waals surface area contributed by atoms with Crippen LogP contribution < -0.4 is 4.74 Å². The first-order chi connectivity index (χ1) is 9.97. The molecular formula is C14H15F2NO4. The molecule has 2 rings (SSSR count).